The van der Waals surface area contributed by atoms with Crippen LogP contribution in [-0.4, -0.2) is 11.7 Å². The number of rotatable bonds is 5. The van der Waals surface area contributed by atoms with Gasteiger partial charge in [-0.3, -0.25) is 4.79 Å². The first-order valence-electron chi connectivity index (χ1n) is 6.43. The molecule has 0 spiro atoms. The smallest absolute Gasteiger partial charge is 0.221 e. The normalized spacial score (nSPS) is 18.4. The SMILES string of the molecule is Cc1cc(C(C)NC(=O)CC2(CS)CC2)c(C)o1. The number of amides is 1. The van der Waals surface area contributed by atoms with Crippen molar-refractivity contribution >= 4 is 18.5 Å². The molecule has 1 aromatic heterocycles. The minimum absolute atomic E-state index is 0.00525. The van der Waals surface area contributed by atoms with Crippen LogP contribution in [0.25, 0.3) is 0 Å². The van der Waals surface area contributed by atoms with Gasteiger partial charge in [-0.1, -0.05) is 0 Å². The summed E-state index contributed by atoms with van der Waals surface area (Å²) in [5, 5.41) is 3.05. The second-order valence-corrected chi connectivity index (χ2v) is 5.81. The lowest BCUT2D eigenvalue weighted by Gasteiger charge is -2.16. The van der Waals surface area contributed by atoms with Gasteiger partial charge in [-0.15, -0.1) is 0 Å². The van der Waals surface area contributed by atoms with Crippen molar-refractivity contribution in [2.75, 3.05) is 5.75 Å². The molecule has 3 nitrogen and oxygen atoms in total. The van der Waals surface area contributed by atoms with Gasteiger partial charge in [0.15, 0.2) is 0 Å². The third kappa shape index (κ3) is 2.91. The molecule has 0 bridgehead atoms. The Labute approximate surface area is 114 Å². The maximum atomic E-state index is 12.0. The molecule has 0 aliphatic heterocycles. The molecule has 1 amide bonds. The second-order valence-electron chi connectivity index (χ2n) is 5.49. The predicted octanol–water partition coefficient (Wildman–Crippen LogP) is 3.17. The second kappa shape index (κ2) is 5.00. The van der Waals surface area contributed by atoms with E-state index < -0.39 is 0 Å². The van der Waals surface area contributed by atoms with Crippen LogP contribution in [0.1, 0.15) is 49.3 Å². The maximum Gasteiger partial charge on any atom is 0.221 e. The highest BCUT2D eigenvalue weighted by Crippen LogP contribution is 2.49. The van der Waals surface area contributed by atoms with Crippen LogP contribution >= 0.6 is 12.6 Å². The lowest BCUT2D eigenvalue weighted by atomic mass is 10.0. The molecule has 1 aliphatic carbocycles. The van der Waals surface area contributed by atoms with Gasteiger partial charge >= 0.3 is 0 Å². The monoisotopic (exact) mass is 267 g/mol. The standard InChI is InChI=1S/C14H21NO2S/c1-9-6-12(11(3)17-9)10(2)15-13(16)7-14(8-18)4-5-14/h6,10,18H,4-5,7-8H2,1-3H3,(H,15,16). The third-order valence-electron chi connectivity index (χ3n) is 3.75. The summed E-state index contributed by atoms with van der Waals surface area (Å²) in [6.45, 7) is 5.85. The van der Waals surface area contributed by atoms with Crippen molar-refractivity contribution in [3.63, 3.8) is 0 Å². The first-order valence-corrected chi connectivity index (χ1v) is 7.06. The first kappa shape index (κ1) is 13.5. The summed E-state index contributed by atoms with van der Waals surface area (Å²) in [5.41, 5.74) is 1.24. The van der Waals surface area contributed by atoms with Crippen molar-refractivity contribution in [2.45, 2.75) is 46.1 Å². The van der Waals surface area contributed by atoms with Crippen LogP contribution < -0.4 is 5.32 Å². The van der Waals surface area contributed by atoms with E-state index in [0.717, 1.165) is 35.7 Å². The molecule has 100 valence electrons. The van der Waals surface area contributed by atoms with Gasteiger partial charge < -0.3 is 9.73 Å². The van der Waals surface area contributed by atoms with Crippen molar-refractivity contribution in [3.8, 4) is 0 Å². The maximum absolute atomic E-state index is 12.0. The minimum atomic E-state index is 0.00525. The number of carbonyl (C=O) groups is 1. The van der Waals surface area contributed by atoms with E-state index in [0.29, 0.717) is 6.42 Å². The van der Waals surface area contributed by atoms with Gasteiger partial charge in [0.05, 0.1) is 6.04 Å². The van der Waals surface area contributed by atoms with Crippen LogP contribution in [0.15, 0.2) is 10.5 Å². The van der Waals surface area contributed by atoms with Crippen molar-refractivity contribution in [1.82, 2.24) is 5.32 Å². The predicted molar refractivity (Wildman–Crippen MR) is 74.9 cm³/mol. The van der Waals surface area contributed by atoms with Crippen LogP contribution in [-0.2, 0) is 4.79 Å². The number of nitrogens with one attached hydrogen (secondary N) is 1. The number of carbonyl (C=O) groups excluding carboxylic acids is 1. The van der Waals surface area contributed by atoms with Crippen LogP contribution in [0.3, 0.4) is 0 Å². The van der Waals surface area contributed by atoms with E-state index in [2.05, 4.69) is 17.9 Å². The highest BCUT2D eigenvalue weighted by molar-refractivity contribution is 7.80. The van der Waals surface area contributed by atoms with Crippen LogP contribution in [0.2, 0.25) is 0 Å². The van der Waals surface area contributed by atoms with Crippen molar-refractivity contribution < 1.29 is 9.21 Å². The zero-order valence-corrected chi connectivity index (χ0v) is 12.1. The molecule has 1 atom stereocenters. The van der Waals surface area contributed by atoms with E-state index in [1.54, 1.807) is 0 Å². The Bertz CT molecular complexity index is 449. The van der Waals surface area contributed by atoms with Gasteiger partial charge in [-0.2, -0.15) is 12.6 Å². The Morgan fingerprint density at radius 1 is 1.56 bits per heavy atom. The molecular formula is C14H21NO2S. The van der Waals surface area contributed by atoms with Gasteiger partial charge in [-0.05, 0) is 50.8 Å². The zero-order valence-electron chi connectivity index (χ0n) is 11.2. The van der Waals surface area contributed by atoms with E-state index in [9.17, 15) is 4.79 Å². The van der Waals surface area contributed by atoms with E-state index in [4.69, 9.17) is 4.42 Å². The van der Waals surface area contributed by atoms with E-state index in [-0.39, 0.29) is 17.4 Å². The molecule has 18 heavy (non-hydrogen) atoms. The summed E-state index contributed by atoms with van der Waals surface area (Å²) in [6.07, 6.45) is 2.85. The Hall–Kier alpha value is -0.900. The summed E-state index contributed by atoms with van der Waals surface area (Å²) in [5.74, 6) is 2.69. The Kier molecular flexibility index (Phi) is 3.76. The molecule has 0 aromatic carbocycles. The Morgan fingerprint density at radius 3 is 2.67 bits per heavy atom. The van der Waals surface area contributed by atoms with Gasteiger partial charge in [0.25, 0.3) is 0 Å². The molecule has 0 radical (unpaired) electrons. The number of hydrogen-bond acceptors (Lipinski definition) is 3. The molecular weight excluding hydrogens is 246 g/mol. The number of furan rings is 1. The Balaban J connectivity index is 1.93. The third-order valence-corrected chi connectivity index (χ3v) is 4.42. The zero-order chi connectivity index (χ0) is 13.3. The number of hydrogen-bond donors (Lipinski definition) is 2. The van der Waals surface area contributed by atoms with Gasteiger partial charge in [0.2, 0.25) is 5.91 Å². The number of aryl methyl sites for hydroxylation is 2. The molecule has 1 N–H and O–H groups in total. The fourth-order valence-electron chi connectivity index (χ4n) is 2.36. The summed E-state index contributed by atoms with van der Waals surface area (Å²) >= 11 is 4.32. The van der Waals surface area contributed by atoms with Crippen molar-refractivity contribution in [1.29, 1.82) is 0 Å². The summed E-state index contributed by atoms with van der Waals surface area (Å²) < 4.78 is 5.49. The van der Waals surface area contributed by atoms with Gasteiger partial charge in [0, 0.05) is 12.0 Å². The molecule has 0 saturated heterocycles. The topological polar surface area (TPSA) is 42.2 Å². The lowest BCUT2D eigenvalue weighted by Crippen LogP contribution is -2.29. The van der Waals surface area contributed by atoms with Crippen LogP contribution in [0.4, 0.5) is 0 Å². The van der Waals surface area contributed by atoms with Crippen LogP contribution in [0.5, 0.6) is 0 Å². The van der Waals surface area contributed by atoms with Gasteiger partial charge in [0.1, 0.15) is 11.5 Å². The minimum Gasteiger partial charge on any atom is -0.466 e. The molecule has 1 saturated carbocycles. The summed E-state index contributed by atoms with van der Waals surface area (Å²) in [4.78, 5) is 12.0. The van der Waals surface area contributed by atoms with E-state index in [1.807, 2.05) is 26.8 Å². The molecule has 2 rings (SSSR count). The average Bonchev–Trinajstić information content (AvgIpc) is 2.97. The highest BCUT2D eigenvalue weighted by atomic mass is 32.1. The first-order chi connectivity index (χ1) is 8.46. The fourth-order valence-corrected chi connectivity index (χ4v) is 2.79. The molecule has 1 fully saturated rings. The number of thiol groups is 1. The van der Waals surface area contributed by atoms with E-state index in [1.165, 1.54) is 0 Å². The molecule has 1 unspecified atom stereocenters. The van der Waals surface area contributed by atoms with Crippen molar-refractivity contribution in [2.24, 2.45) is 5.41 Å². The van der Waals surface area contributed by atoms with Crippen LogP contribution in [0, 0.1) is 19.3 Å². The molecule has 1 aliphatic rings. The largest absolute Gasteiger partial charge is 0.466 e. The highest BCUT2D eigenvalue weighted by Gasteiger charge is 2.43. The fraction of sp³-hybridized carbons (Fsp3) is 0.643. The Morgan fingerprint density at radius 2 is 2.22 bits per heavy atom. The molecule has 4 heteroatoms. The van der Waals surface area contributed by atoms with Gasteiger partial charge in [-0.25, -0.2) is 0 Å². The average molecular weight is 267 g/mol. The van der Waals surface area contributed by atoms with E-state index >= 15 is 0 Å². The lowest BCUT2D eigenvalue weighted by molar-refractivity contribution is -0.122. The summed E-state index contributed by atoms with van der Waals surface area (Å²) in [7, 11) is 0. The van der Waals surface area contributed by atoms with Crippen molar-refractivity contribution in [3.05, 3.63) is 23.2 Å². The molecule has 1 heterocycles. The summed E-state index contributed by atoms with van der Waals surface area (Å²) in [6, 6.07) is 2.00. The quantitative estimate of drug-likeness (QED) is 0.805. The molecule has 1 aromatic rings.